The lowest BCUT2D eigenvalue weighted by Gasteiger charge is -2.40. The SMILES string of the molecule is CCCCC(C)(C)C(C)NCC(C)(C)C(C)(N)P=O. The van der Waals surface area contributed by atoms with Crippen LogP contribution in [-0.4, -0.2) is 17.9 Å². The molecule has 0 aliphatic heterocycles. The van der Waals surface area contributed by atoms with E-state index in [1.54, 1.807) is 0 Å². The van der Waals surface area contributed by atoms with Gasteiger partial charge in [-0.1, -0.05) is 47.5 Å². The maximum absolute atomic E-state index is 11.2. The molecule has 0 heterocycles. The number of rotatable bonds is 9. The normalized spacial score (nSPS) is 18.3. The van der Waals surface area contributed by atoms with Crippen LogP contribution in [0.2, 0.25) is 0 Å². The van der Waals surface area contributed by atoms with E-state index in [1.807, 2.05) is 6.92 Å². The van der Waals surface area contributed by atoms with Gasteiger partial charge in [-0.15, -0.1) is 0 Å². The number of unbranched alkanes of at least 4 members (excludes halogenated alkanes) is 1. The van der Waals surface area contributed by atoms with Gasteiger partial charge in [0.2, 0.25) is 0 Å². The molecule has 114 valence electrons. The van der Waals surface area contributed by atoms with Crippen molar-refractivity contribution in [2.24, 2.45) is 16.6 Å². The molecule has 4 heteroatoms. The van der Waals surface area contributed by atoms with Gasteiger partial charge >= 0.3 is 0 Å². The topological polar surface area (TPSA) is 55.1 Å². The number of nitrogens with one attached hydrogen (secondary N) is 1. The van der Waals surface area contributed by atoms with Crippen LogP contribution in [0.4, 0.5) is 0 Å². The van der Waals surface area contributed by atoms with E-state index in [0.717, 1.165) is 6.54 Å². The Morgan fingerprint density at radius 3 is 2.16 bits per heavy atom. The van der Waals surface area contributed by atoms with Crippen LogP contribution in [0.15, 0.2) is 0 Å². The van der Waals surface area contributed by atoms with Gasteiger partial charge in [-0.3, -0.25) is 4.57 Å². The van der Waals surface area contributed by atoms with Crippen molar-refractivity contribution in [2.45, 2.75) is 79.1 Å². The van der Waals surface area contributed by atoms with Gasteiger partial charge in [0.1, 0.15) is 5.28 Å². The number of hydrogen-bond acceptors (Lipinski definition) is 3. The highest BCUT2D eigenvalue weighted by Crippen LogP contribution is 2.36. The molecule has 0 aromatic heterocycles. The second-order valence-corrected chi connectivity index (χ2v) is 8.43. The van der Waals surface area contributed by atoms with Gasteiger partial charge in [-0.25, -0.2) is 0 Å². The molecule has 0 bridgehead atoms. The first kappa shape index (κ1) is 19.0. The van der Waals surface area contributed by atoms with Crippen molar-refractivity contribution in [2.75, 3.05) is 6.54 Å². The molecule has 0 saturated heterocycles. The maximum atomic E-state index is 11.2. The summed E-state index contributed by atoms with van der Waals surface area (Å²) in [6.45, 7) is 15.8. The highest BCUT2D eigenvalue weighted by Gasteiger charge is 2.39. The lowest BCUT2D eigenvalue weighted by Crippen LogP contribution is -2.53. The molecule has 0 aliphatic rings. The summed E-state index contributed by atoms with van der Waals surface area (Å²) in [7, 11) is 0.00443. The fourth-order valence-corrected chi connectivity index (χ4v) is 2.16. The molecule has 0 saturated carbocycles. The Labute approximate surface area is 121 Å². The van der Waals surface area contributed by atoms with Gasteiger partial charge in [-0.05, 0) is 25.7 Å². The Balaban J connectivity index is 4.51. The molecule has 0 fully saturated rings. The Hall–Kier alpha value is 0.0200. The van der Waals surface area contributed by atoms with E-state index in [9.17, 15) is 4.57 Å². The van der Waals surface area contributed by atoms with Crippen molar-refractivity contribution in [3.05, 3.63) is 0 Å². The first-order valence-electron chi connectivity index (χ1n) is 7.37. The van der Waals surface area contributed by atoms with Crippen LogP contribution < -0.4 is 11.1 Å². The van der Waals surface area contributed by atoms with E-state index in [4.69, 9.17) is 5.73 Å². The van der Waals surface area contributed by atoms with Crippen molar-refractivity contribution in [3.63, 3.8) is 0 Å². The molecule has 2 unspecified atom stereocenters. The molecule has 3 nitrogen and oxygen atoms in total. The van der Waals surface area contributed by atoms with E-state index >= 15 is 0 Å². The molecular formula is C15H33N2OP. The van der Waals surface area contributed by atoms with Gasteiger partial charge in [0.05, 0.1) is 0 Å². The first-order chi connectivity index (χ1) is 8.50. The van der Waals surface area contributed by atoms with Gasteiger partial charge in [0.25, 0.3) is 0 Å². The zero-order valence-electron chi connectivity index (χ0n) is 13.8. The van der Waals surface area contributed by atoms with E-state index in [0.29, 0.717) is 6.04 Å². The van der Waals surface area contributed by atoms with Crippen LogP contribution in [0.5, 0.6) is 0 Å². The third-order valence-corrected chi connectivity index (χ3v) is 5.74. The van der Waals surface area contributed by atoms with Crippen LogP contribution in [0.25, 0.3) is 0 Å². The third-order valence-electron chi connectivity index (χ3n) is 4.76. The quantitative estimate of drug-likeness (QED) is 0.626. The average molecular weight is 288 g/mol. The van der Waals surface area contributed by atoms with Crippen molar-refractivity contribution in [1.29, 1.82) is 0 Å². The minimum absolute atomic E-state index is 0.00443. The molecule has 3 N–H and O–H groups in total. The summed E-state index contributed by atoms with van der Waals surface area (Å²) >= 11 is 0. The molecule has 0 rings (SSSR count). The fourth-order valence-electron chi connectivity index (χ4n) is 1.84. The Kier molecular flexibility index (Phi) is 7.16. The summed E-state index contributed by atoms with van der Waals surface area (Å²) in [5, 5.41) is 2.89. The molecule has 0 spiro atoms. The molecule has 0 radical (unpaired) electrons. The van der Waals surface area contributed by atoms with Crippen LogP contribution in [-0.2, 0) is 4.57 Å². The van der Waals surface area contributed by atoms with Crippen molar-refractivity contribution < 1.29 is 4.57 Å². The van der Waals surface area contributed by atoms with Crippen LogP contribution in [0.3, 0.4) is 0 Å². The van der Waals surface area contributed by atoms with E-state index in [1.165, 1.54) is 19.3 Å². The standard InChI is InChI=1S/C15H33N2OP/c1-8-9-10-13(3,4)12(2)17-11-14(5,6)15(7,16)19-18/h12,17H,8-11,16H2,1-7H3. The predicted octanol–water partition coefficient (Wildman–Crippen LogP) is 4.17. The summed E-state index contributed by atoms with van der Waals surface area (Å²) in [5.74, 6) is 0. The smallest absolute Gasteiger partial charge is 0.177 e. The maximum Gasteiger partial charge on any atom is 0.177 e. The zero-order valence-corrected chi connectivity index (χ0v) is 14.7. The minimum Gasteiger partial charge on any atom is -0.315 e. The largest absolute Gasteiger partial charge is 0.315 e. The highest BCUT2D eigenvalue weighted by atomic mass is 31.1. The Bertz CT molecular complexity index is 288. The molecule has 0 aliphatic carbocycles. The molecule has 2 atom stereocenters. The lowest BCUT2D eigenvalue weighted by atomic mass is 9.79. The van der Waals surface area contributed by atoms with Crippen LogP contribution in [0.1, 0.15) is 67.7 Å². The molecule has 0 amide bonds. The Morgan fingerprint density at radius 1 is 1.21 bits per heavy atom. The zero-order chi connectivity index (χ0) is 15.3. The fraction of sp³-hybridized carbons (Fsp3) is 1.00. The molecule has 0 aromatic carbocycles. The van der Waals surface area contributed by atoms with Gasteiger partial charge < -0.3 is 11.1 Å². The summed E-state index contributed by atoms with van der Waals surface area (Å²) < 4.78 is 11.2. The molecular weight excluding hydrogens is 255 g/mol. The average Bonchev–Trinajstić information content (AvgIpc) is 2.33. The molecule has 0 aromatic rings. The Morgan fingerprint density at radius 2 is 1.74 bits per heavy atom. The van der Waals surface area contributed by atoms with Crippen LogP contribution >= 0.6 is 8.46 Å². The van der Waals surface area contributed by atoms with Crippen molar-refractivity contribution in [3.8, 4) is 0 Å². The van der Waals surface area contributed by atoms with E-state index in [2.05, 4.69) is 46.9 Å². The molecule has 19 heavy (non-hydrogen) atoms. The minimum atomic E-state index is -0.701. The van der Waals surface area contributed by atoms with Gasteiger partial charge in [0, 0.05) is 18.0 Å². The summed E-state index contributed by atoms with van der Waals surface area (Å²) in [6, 6.07) is 0.414. The third kappa shape index (κ3) is 5.49. The highest BCUT2D eigenvalue weighted by molar-refractivity contribution is 7.25. The lowest BCUT2D eigenvalue weighted by molar-refractivity contribution is 0.185. The monoisotopic (exact) mass is 288 g/mol. The second-order valence-electron chi connectivity index (χ2n) is 7.32. The second kappa shape index (κ2) is 7.15. The number of nitrogens with two attached hydrogens (primary N) is 1. The van der Waals surface area contributed by atoms with Gasteiger partial charge in [-0.2, -0.15) is 0 Å². The van der Waals surface area contributed by atoms with Crippen LogP contribution in [0, 0.1) is 10.8 Å². The first-order valence-corrected chi connectivity index (χ1v) is 8.18. The summed E-state index contributed by atoms with van der Waals surface area (Å²) in [5.41, 5.74) is 6.16. The van der Waals surface area contributed by atoms with E-state index in [-0.39, 0.29) is 19.3 Å². The predicted molar refractivity (Wildman–Crippen MR) is 84.8 cm³/mol. The van der Waals surface area contributed by atoms with Crippen molar-refractivity contribution in [1.82, 2.24) is 5.32 Å². The van der Waals surface area contributed by atoms with E-state index < -0.39 is 5.28 Å². The van der Waals surface area contributed by atoms with Crippen molar-refractivity contribution >= 4 is 8.46 Å². The summed E-state index contributed by atoms with van der Waals surface area (Å²) in [6.07, 6.45) is 3.71. The summed E-state index contributed by atoms with van der Waals surface area (Å²) in [4.78, 5) is 0. The number of hydrogen-bond donors (Lipinski definition) is 2. The van der Waals surface area contributed by atoms with Gasteiger partial charge in [0.15, 0.2) is 8.46 Å².